The van der Waals surface area contributed by atoms with Crippen molar-refractivity contribution in [3.8, 4) is 0 Å². The van der Waals surface area contributed by atoms with E-state index in [0.717, 1.165) is 5.56 Å². The van der Waals surface area contributed by atoms with E-state index in [4.69, 9.17) is 4.74 Å². The largest absolute Gasteiger partial charge is 0.342 e. The van der Waals surface area contributed by atoms with E-state index in [1.54, 1.807) is 0 Å². The summed E-state index contributed by atoms with van der Waals surface area (Å²) < 4.78 is 7.45. The number of hydrogen-bond donors (Lipinski definition) is 0. The maximum atomic E-state index is 7.45. The van der Waals surface area contributed by atoms with Crippen molar-refractivity contribution in [2.24, 2.45) is 0 Å². The molecule has 0 amide bonds. The third-order valence-corrected chi connectivity index (χ3v) is 9.34. The van der Waals surface area contributed by atoms with Crippen LogP contribution in [-0.4, -0.2) is 0 Å². The van der Waals surface area contributed by atoms with E-state index in [-0.39, 0.29) is 0 Å². The van der Waals surface area contributed by atoms with Gasteiger partial charge in [0.25, 0.3) is 0 Å². The van der Waals surface area contributed by atoms with Gasteiger partial charge in [-0.2, -0.15) is 0 Å². The number of benzene rings is 7. The molecule has 2 unspecified atom stereocenters. The molecule has 202 valence electrons. The van der Waals surface area contributed by atoms with Crippen LogP contribution in [-0.2, 0) is 15.9 Å². The van der Waals surface area contributed by atoms with Crippen LogP contribution in [0.5, 0.6) is 0 Å². The summed E-state index contributed by atoms with van der Waals surface area (Å²) in [5.74, 6) is 0. The molecule has 1 heterocycles. The highest BCUT2D eigenvalue weighted by atomic mass is 16.6. The highest BCUT2D eigenvalue weighted by Gasteiger charge is 2.77. The standard InChI is InChI=1S/C42H28O/c1-5-15-29(16-6-1)39-37-27-33-25-31-19-13-14-20-32(31)26-34(33)28-38(37)41(35-21-9-3-10-22-35)42(43-41,36-23-11-4-12-24-36)40(39)30-17-7-2-8-18-30/h1-28H. The molecule has 43 heavy (non-hydrogen) atoms. The average Bonchev–Trinajstić information content (AvgIpc) is 3.80. The highest BCUT2D eigenvalue weighted by Crippen LogP contribution is 2.75. The van der Waals surface area contributed by atoms with Gasteiger partial charge in [-0.1, -0.05) is 146 Å². The van der Waals surface area contributed by atoms with Gasteiger partial charge < -0.3 is 4.74 Å². The van der Waals surface area contributed by atoms with Gasteiger partial charge in [0, 0.05) is 11.1 Å². The first-order chi connectivity index (χ1) is 21.3. The maximum Gasteiger partial charge on any atom is 0.158 e. The van der Waals surface area contributed by atoms with E-state index in [9.17, 15) is 0 Å². The van der Waals surface area contributed by atoms with Gasteiger partial charge in [-0.25, -0.2) is 0 Å². The van der Waals surface area contributed by atoms with Crippen LogP contribution in [0.1, 0.15) is 33.4 Å². The molecule has 2 atom stereocenters. The van der Waals surface area contributed by atoms with Gasteiger partial charge in [0.15, 0.2) is 11.2 Å². The molecule has 7 aromatic rings. The molecule has 0 N–H and O–H groups in total. The first-order valence-electron chi connectivity index (χ1n) is 14.9. The molecule has 0 spiro atoms. The van der Waals surface area contributed by atoms with Crippen molar-refractivity contribution in [2.45, 2.75) is 11.2 Å². The molecule has 0 saturated carbocycles. The van der Waals surface area contributed by atoms with Crippen molar-refractivity contribution < 1.29 is 4.74 Å². The Kier molecular flexibility index (Phi) is 5.17. The highest BCUT2D eigenvalue weighted by molar-refractivity contribution is 6.10. The van der Waals surface area contributed by atoms with Gasteiger partial charge in [-0.15, -0.1) is 0 Å². The minimum absolute atomic E-state index is 0.686. The molecule has 0 bridgehead atoms. The van der Waals surface area contributed by atoms with Crippen molar-refractivity contribution in [3.05, 3.63) is 203 Å². The summed E-state index contributed by atoms with van der Waals surface area (Å²) in [6.45, 7) is 0. The second-order valence-electron chi connectivity index (χ2n) is 11.6. The molecule has 1 fully saturated rings. The Hall–Kier alpha value is -5.24. The van der Waals surface area contributed by atoms with Gasteiger partial charge >= 0.3 is 0 Å². The van der Waals surface area contributed by atoms with Crippen LogP contribution < -0.4 is 0 Å². The molecule has 1 heteroatoms. The minimum Gasteiger partial charge on any atom is -0.342 e. The Morgan fingerprint density at radius 3 is 1.42 bits per heavy atom. The summed E-state index contributed by atoms with van der Waals surface area (Å²) in [4.78, 5) is 0. The summed E-state index contributed by atoms with van der Waals surface area (Å²) in [6, 6.07) is 61.4. The fourth-order valence-corrected chi connectivity index (χ4v) is 7.50. The third kappa shape index (κ3) is 3.37. The molecule has 1 aliphatic carbocycles. The normalized spacial score (nSPS) is 20.6. The second-order valence-corrected chi connectivity index (χ2v) is 11.6. The van der Waals surface area contributed by atoms with Crippen molar-refractivity contribution in [2.75, 3.05) is 0 Å². The Bertz CT molecular complexity index is 2180. The zero-order valence-electron chi connectivity index (χ0n) is 23.6. The lowest BCUT2D eigenvalue weighted by atomic mass is 9.63. The zero-order chi connectivity index (χ0) is 28.4. The van der Waals surface area contributed by atoms with E-state index in [2.05, 4.69) is 170 Å². The Balaban J connectivity index is 1.50. The van der Waals surface area contributed by atoms with Crippen molar-refractivity contribution in [1.29, 1.82) is 0 Å². The molecule has 1 saturated heterocycles. The lowest BCUT2D eigenvalue weighted by Gasteiger charge is -2.34. The Labute approximate surface area is 251 Å². The van der Waals surface area contributed by atoms with Crippen LogP contribution >= 0.6 is 0 Å². The third-order valence-electron chi connectivity index (χ3n) is 9.34. The summed E-state index contributed by atoms with van der Waals surface area (Å²) in [6.07, 6.45) is 0. The molecule has 9 rings (SSSR count). The SMILES string of the molecule is c1ccc(C2=C(c3ccccc3)C3(c4ccccc4)OC3(c3ccccc3)c3cc4cc5ccccc5cc4cc32)cc1. The fraction of sp³-hybridized carbons (Fsp3) is 0.0476. The Morgan fingerprint density at radius 1 is 0.372 bits per heavy atom. The molecule has 2 aliphatic rings. The van der Waals surface area contributed by atoms with Gasteiger partial charge in [-0.3, -0.25) is 0 Å². The number of hydrogen-bond acceptors (Lipinski definition) is 1. The predicted octanol–water partition coefficient (Wildman–Crippen LogP) is 10.1. The number of rotatable bonds is 4. The monoisotopic (exact) mass is 548 g/mol. The van der Waals surface area contributed by atoms with Crippen LogP contribution in [0.4, 0.5) is 0 Å². The summed E-state index contributed by atoms with van der Waals surface area (Å²) in [5, 5.41) is 4.95. The zero-order valence-corrected chi connectivity index (χ0v) is 23.6. The first-order valence-corrected chi connectivity index (χ1v) is 14.9. The number of epoxide rings is 1. The van der Waals surface area contributed by atoms with E-state index >= 15 is 0 Å². The molecule has 0 aromatic heterocycles. The van der Waals surface area contributed by atoms with E-state index < -0.39 is 11.2 Å². The molecular weight excluding hydrogens is 520 g/mol. The molecular formula is C42H28O. The van der Waals surface area contributed by atoms with Crippen LogP contribution in [0.3, 0.4) is 0 Å². The Morgan fingerprint density at radius 2 is 0.837 bits per heavy atom. The first kappa shape index (κ1) is 24.4. The lowest BCUT2D eigenvalue weighted by molar-refractivity contribution is 0.309. The molecule has 7 aromatic carbocycles. The van der Waals surface area contributed by atoms with Crippen molar-refractivity contribution in [1.82, 2.24) is 0 Å². The number of fused-ring (bicyclic) bond motifs is 5. The molecule has 1 nitrogen and oxygen atoms in total. The quantitative estimate of drug-likeness (QED) is 0.157. The molecule has 1 aliphatic heterocycles. The van der Waals surface area contributed by atoms with Gasteiger partial charge in [0.2, 0.25) is 0 Å². The van der Waals surface area contributed by atoms with E-state index in [1.165, 1.54) is 60.5 Å². The summed E-state index contributed by atoms with van der Waals surface area (Å²) in [5.41, 5.74) is 8.17. The average molecular weight is 549 g/mol. The predicted molar refractivity (Wildman–Crippen MR) is 177 cm³/mol. The van der Waals surface area contributed by atoms with Crippen LogP contribution in [0.2, 0.25) is 0 Å². The van der Waals surface area contributed by atoms with E-state index in [1.807, 2.05) is 0 Å². The van der Waals surface area contributed by atoms with Gasteiger partial charge in [0.05, 0.1) is 0 Å². The van der Waals surface area contributed by atoms with Gasteiger partial charge in [0.1, 0.15) is 0 Å². The fourth-order valence-electron chi connectivity index (χ4n) is 7.50. The van der Waals surface area contributed by atoms with Crippen LogP contribution in [0.25, 0.3) is 32.7 Å². The number of ether oxygens (including phenoxy) is 1. The van der Waals surface area contributed by atoms with Crippen molar-refractivity contribution in [3.63, 3.8) is 0 Å². The van der Waals surface area contributed by atoms with Crippen LogP contribution in [0, 0.1) is 0 Å². The van der Waals surface area contributed by atoms with Crippen LogP contribution in [0.15, 0.2) is 170 Å². The lowest BCUT2D eigenvalue weighted by Crippen LogP contribution is -2.30. The summed E-state index contributed by atoms with van der Waals surface area (Å²) >= 11 is 0. The molecule has 0 radical (unpaired) electrons. The smallest absolute Gasteiger partial charge is 0.158 e. The van der Waals surface area contributed by atoms with Gasteiger partial charge in [-0.05, 0) is 79.2 Å². The topological polar surface area (TPSA) is 12.5 Å². The summed E-state index contributed by atoms with van der Waals surface area (Å²) in [7, 11) is 0. The van der Waals surface area contributed by atoms with E-state index in [0.29, 0.717) is 0 Å². The second kappa shape index (κ2) is 9.13. The minimum atomic E-state index is -0.709. The maximum absolute atomic E-state index is 7.45. The van der Waals surface area contributed by atoms with Crippen molar-refractivity contribution >= 4 is 32.7 Å².